The number of nitrogens with one attached hydrogen (secondary N) is 1. The van der Waals surface area contributed by atoms with Crippen molar-refractivity contribution in [3.63, 3.8) is 0 Å². The second-order valence-electron chi connectivity index (χ2n) is 3.12. The van der Waals surface area contributed by atoms with Crippen LogP contribution in [0.1, 0.15) is 27.2 Å². The Morgan fingerprint density at radius 3 is 2.73 bits per heavy atom. The van der Waals surface area contributed by atoms with Crippen LogP contribution in [0.4, 0.5) is 0 Å². The van der Waals surface area contributed by atoms with E-state index in [2.05, 4.69) is 19.2 Å². The summed E-state index contributed by atoms with van der Waals surface area (Å²) in [7, 11) is 0. The lowest BCUT2D eigenvalue weighted by Gasteiger charge is -2.24. The van der Waals surface area contributed by atoms with E-state index in [9.17, 15) is 4.79 Å². The van der Waals surface area contributed by atoms with E-state index in [1.807, 2.05) is 6.92 Å². The Labute approximate surface area is 67.7 Å². The van der Waals surface area contributed by atoms with E-state index in [1.165, 1.54) is 5.57 Å². The summed E-state index contributed by atoms with van der Waals surface area (Å²) in [6.45, 7) is 6.92. The van der Waals surface area contributed by atoms with Gasteiger partial charge in [0.15, 0.2) is 0 Å². The molecule has 0 spiro atoms. The molecule has 0 fully saturated rings. The van der Waals surface area contributed by atoms with E-state index in [0.717, 1.165) is 18.5 Å². The molecular formula is C9H15NO. The van der Waals surface area contributed by atoms with Crippen LogP contribution in [0.5, 0.6) is 0 Å². The molecule has 11 heavy (non-hydrogen) atoms. The predicted molar refractivity (Wildman–Crippen MR) is 45.2 cm³/mol. The van der Waals surface area contributed by atoms with Gasteiger partial charge in [0.05, 0.1) is 0 Å². The molecule has 2 nitrogen and oxygen atoms in total. The third kappa shape index (κ3) is 1.44. The van der Waals surface area contributed by atoms with E-state index < -0.39 is 0 Å². The largest absolute Gasteiger partial charge is 0.352 e. The summed E-state index contributed by atoms with van der Waals surface area (Å²) < 4.78 is 0. The van der Waals surface area contributed by atoms with Gasteiger partial charge in [0.1, 0.15) is 0 Å². The Balaban J connectivity index is 2.87. The normalized spacial score (nSPS) is 25.4. The van der Waals surface area contributed by atoms with Gasteiger partial charge in [0.25, 0.3) is 0 Å². The molecule has 1 rings (SSSR count). The molecule has 1 aliphatic heterocycles. The zero-order valence-electron chi connectivity index (χ0n) is 7.40. The molecule has 0 aromatic rings. The maximum absolute atomic E-state index is 11.1. The molecule has 1 heterocycles. The Bertz CT molecular complexity index is 206. The maximum atomic E-state index is 11.1. The predicted octanol–water partition coefficient (Wildman–Crippen LogP) is 1.48. The fraction of sp³-hybridized carbons (Fsp3) is 0.667. The summed E-state index contributed by atoms with van der Waals surface area (Å²) in [5.41, 5.74) is 2.17. The first-order valence-corrected chi connectivity index (χ1v) is 4.12. The van der Waals surface area contributed by atoms with Crippen molar-refractivity contribution in [3.05, 3.63) is 11.1 Å². The maximum Gasteiger partial charge on any atom is 0.246 e. The van der Waals surface area contributed by atoms with Gasteiger partial charge in [-0.2, -0.15) is 0 Å². The van der Waals surface area contributed by atoms with Crippen molar-refractivity contribution in [2.45, 2.75) is 27.2 Å². The Kier molecular flexibility index (Phi) is 2.32. The summed E-state index contributed by atoms with van der Waals surface area (Å²) >= 11 is 0. The zero-order chi connectivity index (χ0) is 8.43. The zero-order valence-corrected chi connectivity index (χ0v) is 7.40. The standard InChI is InChI=1S/C9H15NO/c1-4-8-5-10-9(11)7(3)6(8)2/h8H,4-5H2,1-3H3,(H,10,11). The number of carbonyl (C=O) groups is 1. The number of amides is 1. The molecule has 0 aromatic heterocycles. The monoisotopic (exact) mass is 153 g/mol. The summed E-state index contributed by atoms with van der Waals surface area (Å²) in [6, 6.07) is 0. The van der Waals surface area contributed by atoms with Crippen molar-refractivity contribution in [2.75, 3.05) is 6.54 Å². The lowest BCUT2D eigenvalue weighted by molar-refractivity contribution is -0.118. The molecule has 1 unspecified atom stereocenters. The average Bonchev–Trinajstić information content (AvgIpc) is 2.01. The molecule has 62 valence electrons. The van der Waals surface area contributed by atoms with Gasteiger partial charge in [-0.3, -0.25) is 4.79 Å². The van der Waals surface area contributed by atoms with Crippen LogP contribution in [-0.2, 0) is 4.79 Å². The number of carbonyl (C=O) groups excluding carboxylic acids is 1. The van der Waals surface area contributed by atoms with Crippen LogP contribution < -0.4 is 5.32 Å². The lowest BCUT2D eigenvalue weighted by Crippen LogP contribution is -2.35. The molecule has 0 aliphatic carbocycles. The number of hydrogen-bond donors (Lipinski definition) is 1. The number of rotatable bonds is 1. The Hall–Kier alpha value is -0.790. The van der Waals surface area contributed by atoms with Gasteiger partial charge in [-0.25, -0.2) is 0 Å². The van der Waals surface area contributed by atoms with Crippen molar-refractivity contribution >= 4 is 5.91 Å². The van der Waals surface area contributed by atoms with Crippen LogP contribution in [-0.4, -0.2) is 12.5 Å². The van der Waals surface area contributed by atoms with Crippen LogP contribution in [0, 0.1) is 5.92 Å². The third-order valence-corrected chi connectivity index (χ3v) is 2.55. The molecule has 1 amide bonds. The van der Waals surface area contributed by atoms with E-state index in [-0.39, 0.29) is 5.91 Å². The van der Waals surface area contributed by atoms with Crippen molar-refractivity contribution in [2.24, 2.45) is 5.92 Å². The quantitative estimate of drug-likeness (QED) is 0.607. The summed E-state index contributed by atoms with van der Waals surface area (Å²) in [5.74, 6) is 0.667. The Morgan fingerprint density at radius 1 is 1.55 bits per heavy atom. The highest BCUT2D eigenvalue weighted by Crippen LogP contribution is 2.21. The van der Waals surface area contributed by atoms with E-state index in [1.54, 1.807) is 0 Å². The van der Waals surface area contributed by atoms with Gasteiger partial charge in [0.2, 0.25) is 5.91 Å². The average molecular weight is 153 g/mol. The van der Waals surface area contributed by atoms with Crippen molar-refractivity contribution in [1.29, 1.82) is 0 Å². The summed E-state index contributed by atoms with van der Waals surface area (Å²) in [4.78, 5) is 11.1. The molecule has 0 bridgehead atoms. The first-order valence-electron chi connectivity index (χ1n) is 4.12. The van der Waals surface area contributed by atoms with Gasteiger partial charge in [0, 0.05) is 12.1 Å². The van der Waals surface area contributed by atoms with Crippen LogP contribution in [0.2, 0.25) is 0 Å². The number of hydrogen-bond acceptors (Lipinski definition) is 1. The molecule has 0 saturated heterocycles. The highest BCUT2D eigenvalue weighted by molar-refractivity contribution is 5.94. The molecule has 1 N–H and O–H groups in total. The molecule has 0 aromatic carbocycles. The summed E-state index contributed by atoms with van der Waals surface area (Å²) in [5, 5.41) is 2.87. The molecule has 1 aliphatic rings. The van der Waals surface area contributed by atoms with Gasteiger partial charge < -0.3 is 5.32 Å². The first kappa shape index (κ1) is 8.31. The summed E-state index contributed by atoms with van der Waals surface area (Å²) in [6.07, 6.45) is 1.11. The van der Waals surface area contributed by atoms with Crippen molar-refractivity contribution < 1.29 is 4.79 Å². The van der Waals surface area contributed by atoms with Gasteiger partial charge in [-0.15, -0.1) is 0 Å². The van der Waals surface area contributed by atoms with E-state index in [0.29, 0.717) is 5.92 Å². The minimum atomic E-state index is 0.104. The van der Waals surface area contributed by atoms with Gasteiger partial charge in [-0.05, 0) is 26.2 Å². The topological polar surface area (TPSA) is 29.1 Å². The van der Waals surface area contributed by atoms with E-state index in [4.69, 9.17) is 0 Å². The molecule has 1 atom stereocenters. The third-order valence-electron chi connectivity index (χ3n) is 2.55. The van der Waals surface area contributed by atoms with Crippen LogP contribution in [0.15, 0.2) is 11.1 Å². The van der Waals surface area contributed by atoms with Crippen LogP contribution >= 0.6 is 0 Å². The molecule has 2 heteroatoms. The minimum absolute atomic E-state index is 0.104. The minimum Gasteiger partial charge on any atom is -0.352 e. The fourth-order valence-electron chi connectivity index (χ4n) is 1.44. The lowest BCUT2D eigenvalue weighted by atomic mass is 9.90. The molecule has 0 saturated carbocycles. The van der Waals surface area contributed by atoms with Crippen molar-refractivity contribution in [3.8, 4) is 0 Å². The SMILES string of the molecule is CCC1CNC(=O)C(C)=C1C. The fourth-order valence-corrected chi connectivity index (χ4v) is 1.44. The van der Waals surface area contributed by atoms with E-state index >= 15 is 0 Å². The molecular weight excluding hydrogens is 138 g/mol. The smallest absolute Gasteiger partial charge is 0.246 e. The first-order chi connectivity index (χ1) is 5.16. The van der Waals surface area contributed by atoms with Gasteiger partial charge >= 0.3 is 0 Å². The Morgan fingerprint density at radius 2 is 2.18 bits per heavy atom. The highest BCUT2D eigenvalue weighted by Gasteiger charge is 2.20. The second-order valence-corrected chi connectivity index (χ2v) is 3.12. The molecule has 0 radical (unpaired) electrons. The van der Waals surface area contributed by atoms with Crippen molar-refractivity contribution in [1.82, 2.24) is 5.32 Å². The van der Waals surface area contributed by atoms with Gasteiger partial charge in [-0.1, -0.05) is 12.5 Å². The van der Waals surface area contributed by atoms with Crippen LogP contribution in [0.3, 0.4) is 0 Å². The van der Waals surface area contributed by atoms with Crippen LogP contribution in [0.25, 0.3) is 0 Å². The highest BCUT2D eigenvalue weighted by atomic mass is 16.1. The second kappa shape index (κ2) is 3.07.